The van der Waals surface area contributed by atoms with Crippen molar-refractivity contribution in [1.82, 2.24) is 5.43 Å². The maximum absolute atomic E-state index is 13.6. The first-order valence-corrected chi connectivity index (χ1v) is 12.7. The second-order valence-corrected chi connectivity index (χ2v) is 11.0. The van der Waals surface area contributed by atoms with E-state index >= 15 is 0 Å². The monoisotopic (exact) mass is 463 g/mol. The van der Waals surface area contributed by atoms with Gasteiger partial charge in [-0.15, -0.1) is 0 Å². The van der Waals surface area contributed by atoms with Crippen LogP contribution >= 0.6 is 11.6 Å². The number of halogens is 1. The van der Waals surface area contributed by atoms with Crippen LogP contribution in [0.4, 0.5) is 11.4 Å². The zero-order valence-corrected chi connectivity index (χ0v) is 19.6. The highest BCUT2D eigenvalue weighted by atomic mass is 35.5. The summed E-state index contributed by atoms with van der Waals surface area (Å²) < 4.78 is 34.2. The minimum absolute atomic E-state index is 0.166. The molecular weight excluding hydrogens is 434 g/mol. The normalized spacial score (nSPS) is 17.2. The fraction of sp³-hybridized carbons (Fsp3) is 0.478. The SMILES string of the molecule is CC(C)CN(c1cccc(Cl)c1)S(=O)(=O)c1ccc2c(c1)CNN2CC1CCOCC1. The Bertz CT molecular complexity index is 1020. The number of nitrogens with one attached hydrogen (secondary N) is 1. The highest BCUT2D eigenvalue weighted by molar-refractivity contribution is 7.92. The van der Waals surface area contributed by atoms with E-state index in [-0.39, 0.29) is 5.92 Å². The Morgan fingerprint density at radius 3 is 2.68 bits per heavy atom. The molecule has 2 heterocycles. The summed E-state index contributed by atoms with van der Waals surface area (Å²) in [6.45, 7) is 7.57. The number of hydrogen-bond acceptors (Lipinski definition) is 5. The highest BCUT2D eigenvalue weighted by Crippen LogP contribution is 2.33. The molecule has 0 bridgehead atoms. The summed E-state index contributed by atoms with van der Waals surface area (Å²) in [5, 5.41) is 2.67. The quantitative estimate of drug-likeness (QED) is 0.657. The number of benzene rings is 2. The Balaban J connectivity index is 1.60. The van der Waals surface area contributed by atoms with Gasteiger partial charge < -0.3 is 9.75 Å². The molecule has 0 amide bonds. The highest BCUT2D eigenvalue weighted by Gasteiger charge is 2.29. The molecule has 4 rings (SSSR count). The van der Waals surface area contributed by atoms with Gasteiger partial charge in [-0.3, -0.25) is 4.31 Å². The number of anilines is 2. The molecular formula is C23H30ClN3O3S. The molecule has 0 radical (unpaired) electrons. The van der Waals surface area contributed by atoms with E-state index in [0.717, 1.165) is 43.9 Å². The van der Waals surface area contributed by atoms with E-state index in [1.54, 1.807) is 36.4 Å². The summed E-state index contributed by atoms with van der Waals surface area (Å²) in [7, 11) is -3.72. The fourth-order valence-electron chi connectivity index (χ4n) is 4.18. The van der Waals surface area contributed by atoms with E-state index in [2.05, 4.69) is 10.4 Å². The molecule has 1 saturated heterocycles. The Morgan fingerprint density at radius 2 is 1.97 bits per heavy atom. The molecule has 31 heavy (non-hydrogen) atoms. The minimum Gasteiger partial charge on any atom is -0.381 e. The fourth-order valence-corrected chi connectivity index (χ4v) is 6.03. The Kier molecular flexibility index (Phi) is 6.77. The van der Waals surface area contributed by atoms with Crippen LogP contribution in [0.25, 0.3) is 0 Å². The number of ether oxygens (including phenoxy) is 1. The maximum atomic E-state index is 13.6. The number of rotatable bonds is 7. The van der Waals surface area contributed by atoms with Crippen molar-refractivity contribution in [2.45, 2.75) is 38.1 Å². The van der Waals surface area contributed by atoms with Gasteiger partial charge in [0.15, 0.2) is 0 Å². The zero-order valence-electron chi connectivity index (χ0n) is 18.1. The van der Waals surface area contributed by atoms with Gasteiger partial charge in [0.25, 0.3) is 10.0 Å². The van der Waals surface area contributed by atoms with Crippen LogP contribution in [-0.4, -0.2) is 34.7 Å². The molecule has 6 nitrogen and oxygen atoms in total. The van der Waals surface area contributed by atoms with E-state index in [1.165, 1.54) is 4.31 Å². The van der Waals surface area contributed by atoms with Crippen molar-refractivity contribution < 1.29 is 13.2 Å². The molecule has 1 N–H and O–H groups in total. The molecule has 0 unspecified atom stereocenters. The van der Waals surface area contributed by atoms with Crippen molar-refractivity contribution >= 4 is 33.0 Å². The van der Waals surface area contributed by atoms with Crippen LogP contribution in [0.5, 0.6) is 0 Å². The third-order valence-electron chi connectivity index (χ3n) is 5.80. The number of nitrogens with zero attached hydrogens (tertiary/aromatic N) is 2. The van der Waals surface area contributed by atoms with Crippen LogP contribution in [0.2, 0.25) is 5.02 Å². The Hall–Kier alpha value is -1.80. The lowest BCUT2D eigenvalue weighted by Gasteiger charge is -2.29. The first-order chi connectivity index (χ1) is 14.8. The third kappa shape index (κ3) is 5.00. The second kappa shape index (κ2) is 9.36. The van der Waals surface area contributed by atoms with Crippen LogP contribution in [0.3, 0.4) is 0 Å². The van der Waals surface area contributed by atoms with Crippen molar-refractivity contribution in [1.29, 1.82) is 0 Å². The number of fused-ring (bicyclic) bond motifs is 1. The first-order valence-electron chi connectivity index (χ1n) is 10.8. The van der Waals surface area contributed by atoms with E-state index in [0.29, 0.717) is 34.6 Å². The van der Waals surface area contributed by atoms with Crippen LogP contribution in [0.15, 0.2) is 47.4 Å². The van der Waals surface area contributed by atoms with E-state index in [4.69, 9.17) is 16.3 Å². The van der Waals surface area contributed by atoms with Crippen molar-refractivity contribution in [2.24, 2.45) is 11.8 Å². The molecule has 168 valence electrons. The van der Waals surface area contributed by atoms with Crippen molar-refractivity contribution in [3.63, 3.8) is 0 Å². The van der Waals surface area contributed by atoms with Gasteiger partial charge >= 0.3 is 0 Å². The summed E-state index contributed by atoms with van der Waals surface area (Å²) in [6.07, 6.45) is 2.12. The smallest absolute Gasteiger partial charge is 0.264 e. The summed E-state index contributed by atoms with van der Waals surface area (Å²) in [5.41, 5.74) is 6.06. The van der Waals surface area contributed by atoms with Crippen LogP contribution < -0.4 is 14.7 Å². The number of hydrogen-bond donors (Lipinski definition) is 1. The van der Waals surface area contributed by atoms with Gasteiger partial charge in [0, 0.05) is 37.9 Å². The average molecular weight is 464 g/mol. The second-order valence-electron chi connectivity index (χ2n) is 8.70. The maximum Gasteiger partial charge on any atom is 0.264 e. The molecule has 2 aromatic carbocycles. The summed E-state index contributed by atoms with van der Waals surface area (Å²) >= 11 is 6.15. The predicted octanol–water partition coefficient (Wildman–Crippen LogP) is 4.44. The molecule has 0 spiro atoms. The molecule has 2 aliphatic heterocycles. The summed E-state index contributed by atoms with van der Waals surface area (Å²) in [5.74, 6) is 0.750. The standard InChI is InChI=1S/C23H30ClN3O3S/c1-17(2)15-27(21-5-3-4-20(24)13-21)31(28,29)22-6-7-23-19(12-22)14-25-26(23)16-18-8-10-30-11-9-18/h3-7,12-13,17-18,25H,8-11,14-16H2,1-2H3. The van der Waals surface area contributed by atoms with Crippen LogP contribution in [-0.2, 0) is 21.3 Å². The lowest BCUT2D eigenvalue weighted by Crippen LogP contribution is -2.38. The van der Waals surface area contributed by atoms with Crippen LogP contribution in [0.1, 0.15) is 32.3 Å². The Labute approximate surface area is 190 Å². The molecule has 2 aromatic rings. The number of sulfonamides is 1. The van der Waals surface area contributed by atoms with Crippen molar-refractivity contribution in [3.8, 4) is 0 Å². The number of hydrazine groups is 1. The molecule has 0 aromatic heterocycles. The van der Waals surface area contributed by atoms with Crippen molar-refractivity contribution in [3.05, 3.63) is 53.1 Å². The van der Waals surface area contributed by atoms with Crippen LogP contribution in [0, 0.1) is 11.8 Å². The van der Waals surface area contributed by atoms with E-state index < -0.39 is 10.0 Å². The van der Waals surface area contributed by atoms with Gasteiger partial charge in [-0.2, -0.15) is 0 Å². The van der Waals surface area contributed by atoms with Gasteiger partial charge in [-0.05, 0) is 66.6 Å². The zero-order chi connectivity index (χ0) is 22.0. The topological polar surface area (TPSA) is 61.9 Å². The summed E-state index contributed by atoms with van der Waals surface area (Å²) in [4.78, 5) is 0.307. The molecule has 1 fully saturated rings. The van der Waals surface area contributed by atoms with Gasteiger partial charge in [0.2, 0.25) is 0 Å². The minimum atomic E-state index is -3.72. The van der Waals surface area contributed by atoms with Crippen molar-refractivity contribution in [2.75, 3.05) is 35.6 Å². The van der Waals surface area contributed by atoms with Gasteiger partial charge in [0.05, 0.1) is 16.3 Å². The molecule has 8 heteroatoms. The largest absolute Gasteiger partial charge is 0.381 e. The summed E-state index contributed by atoms with van der Waals surface area (Å²) in [6, 6.07) is 12.5. The van der Waals surface area contributed by atoms with Gasteiger partial charge in [-0.1, -0.05) is 31.5 Å². The molecule has 2 aliphatic rings. The lowest BCUT2D eigenvalue weighted by molar-refractivity contribution is 0.0677. The molecule has 0 aliphatic carbocycles. The Morgan fingerprint density at radius 1 is 1.19 bits per heavy atom. The van der Waals surface area contributed by atoms with Gasteiger partial charge in [0.1, 0.15) is 0 Å². The first kappa shape index (κ1) is 22.4. The molecule has 0 atom stereocenters. The van der Waals surface area contributed by atoms with E-state index in [9.17, 15) is 8.42 Å². The predicted molar refractivity (Wildman–Crippen MR) is 125 cm³/mol. The lowest BCUT2D eigenvalue weighted by atomic mass is 10.00. The van der Waals surface area contributed by atoms with E-state index in [1.807, 2.05) is 19.9 Å². The van der Waals surface area contributed by atoms with Gasteiger partial charge in [-0.25, -0.2) is 13.8 Å². The third-order valence-corrected chi connectivity index (χ3v) is 7.82. The molecule has 0 saturated carbocycles. The average Bonchev–Trinajstić information content (AvgIpc) is 3.14.